The Balaban J connectivity index is 1.76. The van der Waals surface area contributed by atoms with Gasteiger partial charge in [0.25, 0.3) is 0 Å². The summed E-state index contributed by atoms with van der Waals surface area (Å²) in [7, 11) is -2.79. The zero-order chi connectivity index (χ0) is 13.1. The zero-order valence-electron chi connectivity index (χ0n) is 11.5. The van der Waals surface area contributed by atoms with Gasteiger partial charge < -0.3 is 10.2 Å². The number of nitrogens with one attached hydrogen (secondary N) is 1. The van der Waals surface area contributed by atoms with Crippen molar-refractivity contribution in [2.45, 2.75) is 44.6 Å². The summed E-state index contributed by atoms with van der Waals surface area (Å²) < 4.78 is 22.9. The van der Waals surface area contributed by atoms with Crippen molar-refractivity contribution >= 4 is 9.84 Å². The molecule has 0 aromatic carbocycles. The smallest absolute Gasteiger partial charge is 0.150 e. The Bertz CT molecular complexity index is 361. The average Bonchev–Trinajstić information content (AvgIpc) is 2.77. The molecule has 1 spiro atoms. The van der Waals surface area contributed by atoms with E-state index < -0.39 is 9.84 Å². The van der Waals surface area contributed by atoms with Gasteiger partial charge in [-0.2, -0.15) is 0 Å². The molecular weight excluding hydrogens is 248 g/mol. The van der Waals surface area contributed by atoms with Crippen molar-refractivity contribution < 1.29 is 8.42 Å². The van der Waals surface area contributed by atoms with E-state index in [0.29, 0.717) is 11.3 Å². The Morgan fingerprint density at radius 2 is 2.00 bits per heavy atom. The van der Waals surface area contributed by atoms with Crippen LogP contribution < -0.4 is 5.32 Å². The summed E-state index contributed by atoms with van der Waals surface area (Å²) in [5.74, 6) is 0.624. The molecule has 0 aromatic heterocycles. The van der Waals surface area contributed by atoms with Gasteiger partial charge in [0.2, 0.25) is 0 Å². The molecule has 0 unspecified atom stereocenters. The first-order valence-corrected chi connectivity index (χ1v) is 9.05. The number of hydrogen-bond donors (Lipinski definition) is 1. The van der Waals surface area contributed by atoms with Crippen LogP contribution in [0.15, 0.2) is 0 Å². The van der Waals surface area contributed by atoms with E-state index in [9.17, 15) is 8.42 Å². The van der Waals surface area contributed by atoms with Crippen LogP contribution in [0.4, 0.5) is 0 Å². The molecule has 1 saturated heterocycles. The van der Waals surface area contributed by atoms with Crippen LogP contribution in [0.5, 0.6) is 0 Å². The Hall–Kier alpha value is -0.130. The first-order valence-electron chi connectivity index (χ1n) is 7.23. The Morgan fingerprint density at radius 1 is 1.28 bits per heavy atom. The second-order valence-electron chi connectivity index (χ2n) is 5.78. The van der Waals surface area contributed by atoms with Gasteiger partial charge in [-0.3, -0.25) is 0 Å². The number of sulfone groups is 1. The van der Waals surface area contributed by atoms with Crippen molar-refractivity contribution in [1.29, 1.82) is 0 Å². The molecule has 1 aliphatic carbocycles. The summed E-state index contributed by atoms with van der Waals surface area (Å²) in [6, 6.07) is 0. The van der Waals surface area contributed by atoms with Gasteiger partial charge >= 0.3 is 0 Å². The number of nitrogens with zero attached hydrogens (tertiary/aromatic N) is 1. The summed E-state index contributed by atoms with van der Waals surface area (Å²) in [6.45, 7) is 5.89. The van der Waals surface area contributed by atoms with E-state index >= 15 is 0 Å². The highest BCUT2D eigenvalue weighted by Gasteiger charge is 2.37. The van der Waals surface area contributed by atoms with Crippen LogP contribution in [0.3, 0.4) is 0 Å². The molecule has 2 rings (SSSR count). The van der Waals surface area contributed by atoms with Crippen LogP contribution in [0.25, 0.3) is 0 Å². The lowest BCUT2D eigenvalue weighted by molar-refractivity contribution is 0.135. The average molecular weight is 274 g/mol. The number of hydrogen-bond acceptors (Lipinski definition) is 4. The van der Waals surface area contributed by atoms with Gasteiger partial charge in [0.1, 0.15) is 9.84 Å². The largest absolute Gasteiger partial charge is 0.309 e. The maximum atomic E-state index is 11.5. The van der Waals surface area contributed by atoms with Crippen LogP contribution in [-0.2, 0) is 9.84 Å². The first-order chi connectivity index (χ1) is 8.55. The Labute approximate surface area is 111 Å². The predicted molar refractivity (Wildman–Crippen MR) is 74.6 cm³/mol. The molecule has 18 heavy (non-hydrogen) atoms. The molecule has 0 amide bonds. The van der Waals surface area contributed by atoms with Gasteiger partial charge in [-0.15, -0.1) is 0 Å². The fraction of sp³-hybridized carbons (Fsp3) is 1.00. The third kappa shape index (κ3) is 3.68. The SMILES string of the molecule is CCS(=O)(=O)CCCN1CCNC2(CCCC2)C1. The molecule has 4 nitrogen and oxygen atoms in total. The highest BCUT2D eigenvalue weighted by Crippen LogP contribution is 2.31. The van der Waals surface area contributed by atoms with Crippen LogP contribution in [0.2, 0.25) is 0 Å². The topological polar surface area (TPSA) is 49.4 Å². The standard InChI is InChI=1S/C13H26N2O2S/c1-2-18(16,17)11-5-9-15-10-8-14-13(12-15)6-3-4-7-13/h14H,2-12H2,1H3. The normalized spacial score (nSPS) is 24.7. The van der Waals surface area contributed by atoms with Gasteiger partial charge in [-0.1, -0.05) is 19.8 Å². The van der Waals surface area contributed by atoms with Crippen molar-refractivity contribution in [2.24, 2.45) is 0 Å². The molecule has 1 N–H and O–H groups in total. The van der Waals surface area contributed by atoms with Crippen LogP contribution in [0.1, 0.15) is 39.0 Å². The van der Waals surface area contributed by atoms with E-state index in [2.05, 4.69) is 10.2 Å². The minimum atomic E-state index is -2.79. The maximum absolute atomic E-state index is 11.5. The predicted octanol–water partition coefficient (Wildman–Crippen LogP) is 1.03. The van der Waals surface area contributed by atoms with E-state index in [1.807, 2.05) is 0 Å². The molecule has 106 valence electrons. The van der Waals surface area contributed by atoms with Gasteiger partial charge in [0, 0.05) is 30.9 Å². The minimum Gasteiger partial charge on any atom is -0.309 e. The molecule has 1 aliphatic heterocycles. The second kappa shape index (κ2) is 5.88. The minimum absolute atomic E-state index is 0.276. The van der Waals surface area contributed by atoms with Crippen LogP contribution in [0, 0.1) is 0 Å². The van der Waals surface area contributed by atoms with Crippen molar-refractivity contribution in [3.05, 3.63) is 0 Å². The Morgan fingerprint density at radius 3 is 2.67 bits per heavy atom. The highest BCUT2D eigenvalue weighted by molar-refractivity contribution is 7.91. The second-order valence-corrected chi connectivity index (χ2v) is 8.25. The molecule has 2 fully saturated rings. The van der Waals surface area contributed by atoms with E-state index in [-0.39, 0.29) is 5.75 Å². The van der Waals surface area contributed by atoms with Gasteiger partial charge in [-0.05, 0) is 25.8 Å². The van der Waals surface area contributed by atoms with Crippen molar-refractivity contribution in [3.8, 4) is 0 Å². The highest BCUT2D eigenvalue weighted by atomic mass is 32.2. The molecule has 1 saturated carbocycles. The fourth-order valence-electron chi connectivity index (χ4n) is 3.27. The van der Waals surface area contributed by atoms with Crippen molar-refractivity contribution in [2.75, 3.05) is 37.7 Å². The number of piperazine rings is 1. The van der Waals surface area contributed by atoms with Crippen molar-refractivity contribution in [1.82, 2.24) is 10.2 Å². The summed E-state index contributed by atoms with van der Waals surface area (Å²) >= 11 is 0. The van der Waals surface area contributed by atoms with Gasteiger partial charge in [0.15, 0.2) is 0 Å². The van der Waals surface area contributed by atoms with Crippen LogP contribution >= 0.6 is 0 Å². The summed E-state index contributed by atoms with van der Waals surface area (Å²) in [6.07, 6.45) is 6.04. The summed E-state index contributed by atoms with van der Waals surface area (Å²) in [5, 5.41) is 3.68. The molecule has 5 heteroatoms. The van der Waals surface area contributed by atoms with Gasteiger partial charge in [-0.25, -0.2) is 8.42 Å². The molecule has 0 atom stereocenters. The third-order valence-electron chi connectivity index (χ3n) is 4.38. The third-order valence-corrected chi connectivity index (χ3v) is 6.17. The molecule has 2 aliphatic rings. The monoisotopic (exact) mass is 274 g/mol. The maximum Gasteiger partial charge on any atom is 0.150 e. The lowest BCUT2D eigenvalue weighted by Crippen LogP contribution is -2.59. The van der Waals surface area contributed by atoms with E-state index in [1.165, 1.54) is 25.7 Å². The fourth-order valence-corrected chi connectivity index (χ4v) is 4.13. The van der Waals surface area contributed by atoms with E-state index in [4.69, 9.17) is 0 Å². The van der Waals surface area contributed by atoms with Crippen LogP contribution in [-0.4, -0.2) is 56.5 Å². The van der Waals surface area contributed by atoms with Crippen molar-refractivity contribution in [3.63, 3.8) is 0 Å². The molecular formula is C13H26N2O2S. The lowest BCUT2D eigenvalue weighted by atomic mass is 9.94. The first kappa shape index (κ1) is 14.3. The zero-order valence-corrected chi connectivity index (χ0v) is 12.3. The van der Waals surface area contributed by atoms with Gasteiger partial charge in [0.05, 0.1) is 5.75 Å². The Kier molecular flexibility index (Phi) is 4.67. The summed E-state index contributed by atoms with van der Waals surface area (Å²) in [5.41, 5.74) is 0.349. The molecule has 0 bridgehead atoms. The molecule has 0 radical (unpaired) electrons. The quantitative estimate of drug-likeness (QED) is 0.813. The van der Waals surface area contributed by atoms with E-state index in [0.717, 1.165) is 32.6 Å². The molecule has 0 aromatic rings. The summed E-state index contributed by atoms with van der Waals surface area (Å²) in [4.78, 5) is 2.45. The lowest BCUT2D eigenvalue weighted by Gasteiger charge is -2.41. The number of rotatable bonds is 5. The van der Waals surface area contributed by atoms with E-state index in [1.54, 1.807) is 6.92 Å². The molecule has 1 heterocycles.